The molecule has 0 aromatic rings. The van der Waals surface area contributed by atoms with Gasteiger partial charge in [-0.3, -0.25) is 4.79 Å². The highest BCUT2D eigenvalue weighted by atomic mass is 16.4. The van der Waals surface area contributed by atoms with Crippen LogP contribution in [0.1, 0.15) is 112 Å². The van der Waals surface area contributed by atoms with Crippen LogP contribution in [0.3, 0.4) is 0 Å². The first-order valence-corrected chi connectivity index (χ1v) is 10.2. The molecule has 0 spiro atoms. The highest BCUT2D eigenvalue weighted by molar-refractivity contribution is 5.75. The lowest BCUT2D eigenvalue weighted by Crippen LogP contribution is -2.42. The third-order valence-electron chi connectivity index (χ3n) is 5.89. The summed E-state index contributed by atoms with van der Waals surface area (Å²) in [6.07, 6.45) is 14.8. The standard InChI is InChI=1S/C21H42O2/c1-6-9-10-11-12-13-14-15-16-17-19(7-2)21(8-3,18(4)5)20(22)23/h18-19H,6-17H2,1-5H3,(H,22,23). The Balaban J connectivity index is 4.16. The number of hydrogen-bond acceptors (Lipinski definition) is 1. The molecule has 2 heteroatoms. The number of aliphatic carboxylic acids is 1. The Morgan fingerprint density at radius 2 is 1.35 bits per heavy atom. The lowest BCUT2D eigenvalue weighted by atomic mass is 9.63. The summed E-state index contributed by atoms with van der Waals surface area (Å²) in [6.45, 7) is 10.6. The van der Waals surface area contributed by atoms with E-state index in [-0.39, 0.29) is 5.92 Å². The van der Waals surface area contributed by atoms with Crippen LogP contribution >= 0.6 is 0 Å². The normalized spacial score (nSPS) is 15.6. The molecule has 138 valence electrons. The van der Waals surface area contributed by atoms with Crippen LogP contribution < -0.4 is 0 Å². The number of carbonyl (C=O) groups is 1. The van der Waals surface area contributed by atoms with E-state index in [9.17, 15) is 9.90 Å². The molecule has 2 atom stereocenters. The SMILES string of the molecule is CCCCCCCCCCCC(CC)C(CC)(C(=O)O)C(C)C. The Kier molecular flexibility index (Phi) is 12.5. The molecule has 1 N–H and O–H groups in total. The molecule has 0 aliphatic rings. The van der Waals surface area contributed by atoms with E-state index in [1.54, 1.807) is 0 Å². The van der Waals surface area contributed by atoms with Gasteiger partial charge in [0.1, 0.15) is 0 Å². The van der Waals surface area contributed by atoms with Gasteiger partial charge in [-0.05, 0) is 24.7 Å². The van der Waals surface area contributed by atoms with E-state index in [1.807, 2.05) is 6.92 Å². The molecule has 2 nitrogen and oxygen atoms in total. The van der Waals surface area contributed by atoms with Crippen molar-refractivity contribution in [2.75, 3.05) is 0 Å². The molecule has 23 heavy (non-hydrogen) atoms. The summed E-state index contributed by atoms with van der Waals surface area (Å²) in [5.74, 6) is -0.0687. The average molecular weight is 327 g/mol. The van der Waals surface area contributed by atoms with Gasteiger partial charge in [0.2, 0.25) is 0 Å². The van der Waals surface area contributed by atoms with Gasteiger partial charge in [0.25, 0.3) is 0 Å². The number of carboxylic acids is 1. The van der Waals surface area contributed by atoms with Crippen molar-refractivity contribution in [2.45, 2.75) is 112 Å². The Bertz CT molecular complexity index is 298. The van der Waals surface area contributed by atoms with Crippen LogP contribution in [-0.2, 0) is 4.79 Å². The molecule has 0 heterocycles. The highest BCUT2D eigenvalue weighted by Crippen LogP contribution is 2.44. The van der Waals surface area contributed by atoms with Crippen LogP contribution in [0.4, 0.5) is 0 Å². The van der Waals surface area contributed by atoms with Gasteiger partial charge >= 0.3 is 5.97 Å². The second kappa shape index (κ2) is 12.8. The maximum atomic E-state index is 12.0. The van der Waals surface area contributed by atoms with Crippen molar-refractivity contribution in [3.63, 3.8) is 0 Å². The molecular weight excluding hydrogens is 284 g/mol. The van der Waals surface area contributed by atoms with Crippen LogP contribution in [0.5, 0.6) is 0 Å². The minimum absolute atomic E-state index is 0.202. The molecular formula is C21H42O2. The van der Waals surface area contributed by atoms with Crippen molar-refractivity contribution in [1.29, 1.82) is 0 Å². The number of unbranched alkanes of at least 4 members (excludes halogenated alkanes) is 8. The number of rotatable bonds is 15. The fourth-order valence-electron chi connectivity index (χ4n) is 4.27. The maximum absolute atomic E-state index is 12.0. The molecule has 0 fully saturated rings. The quantitative estimate of drug-likeness (QED) is 0.327. The summed E-state index contributed by atoms with van der Waals surface area (Å²) in [5, 5.41) is 9.84. The molecule has 0 aromatic carbocycles. The molecule has 0 saturated heterocycles. The largest absolute Gasteiger partial charge is 0.481 e. The number of carboxylic acid groups (broad SMARTS) is 1. The van der Waals surface area contributed by atoms with E-state index in [0.717, 1.165) is 19.3 Å². The van der Waals surface area contributed by atoms with E-state index < -0.39 is 11.4 Å². The third-order valence-corrected chi connectivity index (χ3v) is 5.89. The second-order valence-electron chi connectivity index (χ2n) is 7.58. The van der Waals surface area contributed by atoms with Crippen LogP contribution in [0.2, 0.25) is 0 Å². The van der Waals surface area contributed by atoms with E-state index in [1.165, 1.54) is 57.8 Å². The Hall–Kier alpha value is -0.530. The van der Waals surface area contributed by atoms with Crippen molar-refractivity contribution >= 4 is 5.97 Å². The summed E-state index contributed by atoms with van der Waals surface area (Å²) < 4.78 is 0. The minimum Gasteiger partial charge on any atom is -0.481 e. The first-order chi connectivity index (χ1) is 11.0. The average Bonchev–Trinajstić information content (AvgIpc) is 2.51. The van der Waals surface area contributed by atoms with Crippen LogP contribution in [0.15, 0.2) is 0 Å². The summed E-state index contributed by atoms with van der Waals surface area (Å²) >= 11 is 0. The molecule has 0 rings (SSSR count). The Morgan fingerprint density at radius 3 is 1.70 bits per heavy atom. The molecule has 0 aromatic heterocycles. The minimum atomic E-state index is -0.585. The topological polar surface area (TPSA) is 37.3 Å². The van der Waals surface area contributed by atoms with Crippen molar-refractivity contribution in [2.24, 2.45) is 17.3 Å². The molecule has 0 amide bonds. The van der Waals surface area contributed by atoms with E-state index in [4.69, 9.17) is 0 Å². The van der Waals surface area contributed by atoms with Gasteiger partial charge in [0, 0.05) is 0 Å². The van der Waals surface area contributed by atoms with Gasteiger partial charge in [-0.2, -0.15) is 0 Å². The van der Waals surface area contributed by atoms with Gasteiger partial charge in [-0.15, -0.1) is 0 Å². The van der Waals surface area contributed by atoms with E-state index in [0.29, 0.717) is 5.92 Å². The predicted molar refractivity (Wildman–Crippen MR) is 101 cm³/mol. The Morgan fingerprint density at radius 1 is 0.870 bits per heavy atom. The van der Waals surface area contributed by atoms with Crippen LogP contribution in [0.25, 0.3) is 0 Å². The fourth-order valence-corrected chi connectivity index (χ4v) is 4.27. The first kappa shape index (κ1) is 22.5. The monoisotopic (exact) mass is 326 g/mol. The molecule has 2 unspecified atom stereocenters. The maximum Gasteiger partial charge on any atom is 0.310 e. The van der Waals surface area contributed by atoms with Gasteiger partial charge in [0.05, 0.1) is 5.41 Å². The smallest absolute Gasteiger partial charge is 0.310 e. The first-order valence-electron chi connectivity index (χ1n) is 10.2. The summed E-state index contributed by atoms with van der Waals surface area (Å²) in [4.78, 5) is 12.0. The van der Waals surface area contributed by atoms with Gasteiger partial charge in [-0.25, -0.2) is 0 Å². The van der Waals surface area contributed by atoms with Crippen molar-refractivity contribution in [3.8, 4) is 0 Å². The summed E-state index contributed by atoms with van der Waals surface area (Å²) in [6, 6.07) is 0. The van der Waals surface area contributed by atoms with Crippen molar-refractivity contribution < 1.29 is 9.90 Å². The zero-order valence-electron chi connectivity index (χ0n) is 16.5. The van der Waals surface area contributed by atoms with Crippen LogP contribution in [0, 0.1) is 17.3 Å². The van der Waals surface area contributed by atoms with Crippen LogP contribution in [-0.4, -0.2) is 11.1 Å². The van der Waals surface area contributed by atoms with Gasteiger partial charge in [0.15, 0.2) is 0 Å². The zero-order valence-corrected chi connectivity index (χ0v) is 16.5. The summed E-state index contributed by atoms with van der Waals surface area (Å²) in [5.41, 5.74) is -0.533. The second-order valence-corrected chi connectivity index (χ2v) is 7.58. The number of hydrogen-bond donors (Lipinski definition) is 1. The van der Waals surface area contributed by atoms with Crippen molar-refractivity contribution in [1.82, 2.24) is 0 Å². The van der Waals surface area contributed by atoms with Crippen molar-refractivity contribution in [3.05, 3.63) is 0 Å². The molecule has 0 aliphatic carbocycles. The molecule has 0 radical (unpaired) electrons. The molecule has 0 aliphatic heterocycles. The van der Waals surface area contributed by atoms with E-state index >= 15 is 0 Å². The third kappa shape index (κ3) is 7.27. The fraction of sp³-hybridized carbons (Fsp3) is 0.952. The molecule has 0 saturated carbocycles. The van der Waals surface area contributed by atoms with Gasteiger partial charge < -0.3 is 5.11 Å². The predicted octanol–water partition coefficient (Wildman–Crippen LogP) is 7.07. The van der Waals surface area contributed by atoms with E-state index in [2.05, 4.69) is 27.7 Å². The van der Waals surface area contributed by atoms with Gasteiger partial charge in [-0.1, -0.05) is 98.8 Å². The zero-order chi connectivity index (χ0) is 17.7. The highest BCUT2D eigenvalue weighted by Gasteiger charge is 2.45. The lowest BCUT2D eigenvalue weighted by molar-refractivity contribution is -0.157. The lowest BCUT2D eigenvalue weighted by Gasteiger charge is -2.40. The Labute approximate surface area is 145 Å². The summed E-state index contributed by atoms with van der Waals surface area (Å²) in [7, 11) is 0. The molecule has 0 bridgehead atoms.